The van der Waals surface area contributed by atoms with E-state index in [-0.39, 0.29) is 5.78 Å². The van der Waals surface area contributed by atoms with Crippen molar-refractivity contribution in [3.63, 3.8) is 0 Å². The number of carbonyl (C=O) groups excluding carboxylic acids is 1. The zero-order chi connectivity index (χ0) is 19.1. The van der Waals surface area contributed by atoms with Gasteiger partial charge < -0.3 is 10.6 Å². The predicted octanol–water partition coefficient (Wildman–Crippen LogP) is 5.78. The largest absolute Gasteiger partial charge is 0.332 e. The third-order valence-electron chi connectivity index (χ3n) is 3.89. The average Bonchev–Trinajstić information content (AvgIpc) is 2.68. The molecule has 0 heterocycles. The number of hydrogen-bond acceptors (Lipinski definition) is 3. The number of ketones is 1. The van der Waals surface area contributed by atoms with Gasteiger partial charge in [-0.1, -0.05) is 48.0 Å². The predicted molar refractivity (Wildman–Crippen MR) is 119 cm³/mol. The molecule has 0 bridgehead atoms. The molecule has 0 aromatic heterocycles. The molecule has 0 saturated carbocycles. The van der Waals surface area contributed by atoms with Gasteiger partial charge in [0.1, 0.15) is 0 Å². The summed E-state index contributed by atoms with van der Waals surface area (Å²) >= 11 is 6.86. The zero-order valence-corrected chi connectivity index (χ0v) is 16.6. The van der Waals surface area contributed by atoms with E-state index in [0.717, 1.165) is 27.4 Å². The maximum absolute atomic E-state index is 12.3. The van der Waals surface area contributed by atoms with Crippen molar-refractivity contribution in [2.24, 2.45) is 0 Å². The molecule has 0 unspecified atom stereocenters. The number of carbonyl (C=O) groups is 1. The molecule has 3 aromatic carbocycles. The summed E-state index contributed by atoms with van der Waals surface area (Å²) in [6, 6.07) is 25.4. The maximum atomic E-state index is 12.3. The Hall–Kier alpha value is -2.63. The van der Waals surface area contributed by atoms with E-state index >= 15 is 0 Å². The van der Waals surface area contributed by atoms with E-state index in [1.54, 1.807) is 0 Å². The Kier molecular flexibility index (Phi) is 6.63. The van der Waals surface area contributed by atoms with Gasteiger partial charge in [0.25, 0.3) is 0 Å². The van der Waals surface area contributed by atoms with Gasteiger partial charge in [-0.15, -0.1) is 11.8 Å². The van der Waals surface area contributed by atoms with Crippen LogP contribution in [0, 0.1) is 6.92 Å². The number of para-hydroxylation sites is 1. The molecule has 136 valence electrons. The number of thiocarbonyl (C=S) groups is 1. The summed E-state index contributed by atoms with van der Waals surface area (Å²) in [7, 11) is 0. The smallest absolute Gasteiger partial charge is 0.175 e. The SMILES string of the molecule is Cc1ccc(C(=O)CSc2ccc(NC(=S)Nc3ccccc3)cc2)cc1. The van der Waals surface area contributed by atoms with Crippen LogP contribution in [-0.2, 0) is 0 Å². The highest BCUT2D eigenvalue weighted by atomic mass is 32.2. The minimum absolute atomic E-state index is 0.135. The number of Topliss-reactive ketones (excluding diaryl/α,β-unsaturated/α-hetero) is 1. The lowest BCUT2D eigenvalue weighted by atomic mass is 10.1. The Morgan fingerprint density at radius 3 is 2.07 bits per heavy atom. The summed E-state index contributed by atoms with van der Waals surface area (Å²) in [5.74, 6) is 0.555. The van der Waals surface area contributed by atoms with E-state index in [9.17, 15) is 4.79 Å². The van der Waals surface area contributed by atoms with Crippen molar-refractivity contribution in [1.29, 1.82) is 0 Å². The fraction of sp³-hybridized carbons (Fsp3) is 0.0909. The molecule has 0 spiro atoms. The third kappa shape index (κ3) is 5.94. The van der Waals surface area contributed by atoms with Crippen molar-refractivity contribution in [2.75, 3.05) is 16.4 Å². The Labute approximate surface area is 169 Å². The maximum Gasteiger partial charge on any atom is 0.175 e. The first-order valence-corrected chi connectivity index (χ1v) is 9.95. The van der Waals surface area contributed by atoms with Crippen LogP contribution in [0.25, 0.3) is 0 Å². The quantitative estimate of drug-likeness (QED) is 0.316. The lowest BCUT2D eigenvalue weighted by Gasteiger charge is -2.11. The van der Waals surface area contributed by atoms with E-state index in [1.165, 1.54) is 11.8 Å². The molecule has 0 fully saturated rings. The summed E-state index contributed by atoms with van der Waals surface area (Å²) in [5, 5.41) is 6.83. The molecule has 0 aliphatic heterocycles. The number of benzene rings is 3. The second kappa shape index (κ2) is 9.35. The first-order chi connectivity index (χ1) is 13.1. The van der Waals surface area contributed by atoms with Crippen LogP contribution in [0.5, 0.6) is 0 Å². The van der Waals surface area contributed by atoms with E-state index in [2.05, 4.69) is 10.6 Å². The van der Waals surface area contributed by atoms with Crippen molar-refractivity contribution in [3.05, 3.63) is 90.0 Å². The molecule has 5 heteroatoms. The van der Waals surface area contributed by atoms with Crippen LogP contribution in [0.3, 0.4) is 0 Å². The van der Waals surface area contributed by atoms with Gasteiger partial charge in [0.15, 0.2) is 10.9 Å². The number of anilines is 2. The lowest BCUT2D eigenvalue weighted by molar-refractivity contribution is 0.102. The van der Waals surface area contributed by atoms with Gasteiger partial charge in [-0.25, -0.2) is 0 Å². The fourth-order valence-corrected chi connectivity index (χ4v) is 3.45. The van der Waals surface area contributed by atoms with E-state index in [4.69, 9.17) is 12.2 Å². The van der Waals surface area contributed by atoms with Gasteiger partial charge in [-0.2, -0.15) is 0 Å². The van der Waals surface area contributed by atoms with Crippen LogP contribution in [0.4, 0.5) is 11.4 Å². The van der Waals surface area contributed by atoms with Crippen LogP contribution < -0.4 is 10.6 Å². The second-order valence-electron chi connectivity index (χ2n) is 6.05. The average molecular weight is 393 g/mol. The molecule has 0 aliphatic rings. The number of rotatable bonds is 6. The number of thioether (sulfide) groups is 1. The van der Waals surface area contributed by atoms with Gasteiger partial charge in [0, 0.05) is 21.8 Å². The zero-order valence-electron chi connectivity index (χ0n) is 14.9. The Balaban J connectivity index is 1.50. The van der Waals surface area contributed by atoms with Crippen molar-refractivity contribution in [3.8, 4) is 0 Å². The summed E-state index contributed by atoms with van der Waals surface area (Å²) in [4.78, 5) is 13.3. The van der Waals surface area contributed by atoms with E-state index in [0.29, 0.717) is 10.9 Å². The van der Waals surface area contributed by atoms with Gasteiger partial charge in [-0.3, -0.25) is 4.79 Å². The third-order valence-corrected chi connectivity index (χ3v) is 5.10. The molecule has 0 aliphatic carbocycles. The van der Waals surface area contributed by atoms with Crippen LogP contribution in [-0.4, -0.2) is 16.6 Å². The van der Waals surface area contributed by atoms with Crippen molar-refractivity contribution < 1.29 is 4.79 Å². The number of nitrogens with one attached hydrogen (secondary N) is 2. The Morgan fingerprint density at radius 2 is 1.44 bits per heavy atom. The lowest BCUT2D eigenvalue weighted by Crippen LogP contribution is -2.18. The fourth-order valence-electron chi connectivity index (χ4n) is 2.42. The molecule has 27 heavy (non-hydrogen) atoms. The van der Waals surface area contributed by atoms with Crippen LogP contribution in [0.15, 0.2) is 83.8 Å². The molecule has 0 amide bonds. The summed E-state index contributed by atoms with van der Waals surface area (Å²) in [6.45, 7) is 2.01. The normalized spacial score (nSPS) is 10.3. The summed E-state index contributed by atoms with van der Waals surface area (Å²) in [6.07, 6.45) is 0. The molecular formula is C22H20N2OS2. The van der Waals surface area contributed by atoms with Crippen molar-refractivity contribution in [1.82, 2.24) is 0 Å². The molecule has 3 rings (SSSR count). The highest BCUT2D eigenvalue weighted by molar-refractivity contribution is 8.00. The summed E-state index contributed by atoms with van der Waals surface area (Å²) in [5.41, 5.74) is 3.75. The van der Waals surface area contributed by atoms with Crippen molar-refractivity contribution in [2.45, 2.75) is 11.8 Å². The van der Waals surface area contributed by atoms with Gasteiger partial charge in [-0.05, 0) is 55.5 Å². The highest BCUT2D eigenvalue weighted by Gasteiger charge is 2.06. The van der Waals surface area contributed by atoms with E-state index in [1.807, 2.05) is 85.8 Å². The van der Waals surface area contributed by atoms with E-state index < -0.39 is 0 Å². The monoisotopic (exact) mass is 392 g/mol. The second-order valence-corrected chi connectivity index (χ2v) is 7.50. The highest BCUT2D eigenvalue weighted by Crippen LogP contribution is 2.22. The van der Waals surface area contributed by atoms with Crippen molar-refractivity contribution >= 4 is 46.3 Å². The molecule has 2 N–H and O–H groups in total. The molecule has 0 saturated heterocycles. The number of aryl methyl sites for hydroxylation is 1. The van der Waals surface area contributed by atoms with Gasteiger partial charge in [0.2, 0.25) is 0 Å². The van der Waals surface area contributed by atoms with Crippen LogP contribution >= 0.6 is 24.0 Å². The topological polar surface area (TPSA) is 41.1 Å². The van der Waals surface area contributed by atoms with Crippen LogP contribution in [0.2, 0.25) is 0 Å². The molecule has 3 nitrogen and oxygen atoms in total. The van der Waals surface area contributed by atoms with Crippen LogP contribution in [0.1, 0.15) is 15.9 Å². The Morgan fingerprint density at radius 1 is 0.852 bits per heavy atom. The molecule has 0 atom stereocenters. The standard InChI is InChI=1S/C22H20N2OS2/c1-16-7-9-17(10-8-16)21(25)15-27-20-13-11-19(12-14-20)24-22(26)23-18-5-3-2-4-6-18/h2-14H,15H2,1H3,(H2,23,24,26). The number of hydrogen-bond donors (Lipinski definition) is 2. The minimum Gasteiger partial charge on any atom is -0.332 e. The first-order valence-electron chi connectivity index (χ1n) is 8.56. The molecular weight excluding hydrogens is 372 g/mol. The first kappa shape index (κ1) is 19.1. The summed E-state index contributed by atoms with van der Waals surface area (Å²) < 4.78 is 0. The molecule has 3 aromatic rings. The Bertz CT molecular complexity index is 907. The van der Waals surface area contributed by atoms with Gasteiger partial charge in [0.05, 0.1) is 5.75 Å². The van der Waals surface area contributed by atoms with Gasteiger partial charge >= 0.3 is 0 Å². The molecule has 0 radical (unpaired) electrons. The minimum atomic E-state index is 0.135.